The summed E-state index contributed by atoms with van der Waals surface area (Å²) in [4.78, 5) is 17.2. The minimum atomic E-state index is -0.405. The first-order valence-electron chi connectivity index (χ1n) is 8.93. The predicted molar refractivity (Wildman–Crippen MR) is 102 cm³/mol. The number of aromatic hydroxyl groups is 1. The summed E-state index contributed by atoms with van der Waals surface area (Å²) in [5, 5.41) is 20.2. The standard InChI is InChI=1S/C21H23N3O2/c1-13-8-9-19(14(2)10-13)23-12-18-15(3)17(11-22)20(25)24(21(18)26)16-6-4-5-7-16/h8-10,12,16,26H,4-7H2,1-3H3. The van der Waals surface area contributed by atoms with E-state index < -0.39 is 5.56 Å². The Kier molecular flexibility index (Phi) is 4.94. The average Bonchev–Trinajstić information content (AvgIpc) is 3.11. The smallest absolute Gasteiger partial charge is 0.271 e. The van der Waals surface area contributed by atoms with Gasteiger partial charge in [-0.05, 0) is 50.8 Å². The summed E-state index contributed by atoms with van der Waals surface area (Å²) in [6.45, 7) is 5.68. The van der Waals surface area contributed by atoms with Crippen molar-refractivity contribution in [2.24, 2.45) is 4.99 Å². The third-order valence-electron chi connectivity index (χ3n) is 5.17. The Morgan fingerprint density at radius 3 is 2.58 bits per heavy atom. The molecule has 134 valence electrons. The molecular formula is C21H23N3O2. The first kappa shape index (κ1) is 17.9. The fraction of sp³-hybridized carbons (Fsp3) is 0.381. The van der Waals surface area contributed by atoms with Gasteiger partial charge in [0.15, 0.2) is 0 Å². The second kappa shape index (κ2) is 7.17. The number of benzene rings is 1. The van der Waals surface area contributed by atoms with Gasteiger partial charge < -0.3 is 5.11 Å². The largest absolute Gasteiger partial charge is 0.494 e. The van der Waals surface area contributed by atoms with E-state index in [0.29, 0.717) is 11.1 Å². The summed E-state index contributed by atoms with van der Waals surface area (Å²) in [6.07, 6.45) is 5.30. The molecule has 1 heterocycles. The van der Waals surface area contributed by atoms with E-state index in [2.05, 4.69) is 4.99 Å². The molecule has 1 aromatic heterocycles. The molecule has 2 aromatic rings. The Labute approximate surface area is 153 Å². The Morgan fingerprint density at radius 2 is 1.96 bits per heavy atom. The Morgan fingerprint density at radius 1 is 1.27 bits per heavy atom. The zero-order chi connectivity index (χ0) is 18.8. The van der Waals surface area contributed by atoms with Crippen LogP contribution >= 0.6 is 0 Å². The molecule has 0 bridgehead atoms. The molecule has 1 N–H and O–H groups in total. The number of aryl methyl sites for hydroxylation is 2. The van der Waals surface area contributed by atoms with Crippen LogP contribution in [0.15, 0.2) is 28.0 Å². The quantitative estimate of drug-likeness (QED) is 0.843. The van der Waals surface area contributed by atoms with Gasteiger partial charge in [-0.2, -0.15) is 5.26 Å². The number of hydrogen-bond donors (Lipinski definition) is 1. The number of nitrogens with zero attached hydrogens (tertiary/aromatic N) is 3. The summed E-state index contributed by atoms with van der Waals surface area (Å²) < 4.78 is 1.39. The molecule has 26 heavy (non-hydrogen) atoms. The minimum absolute atomic E-state index is 0.0524. The molecule has 1 saturated carbocycles. The van der Waals surface area contributed by atoms with Crippen LogP contribution in [0, 0.1) is 32.1 Å². The van der Waals surface area contributed by atoms with Crippen LogP contribution < -0.4 is 5.56 Å². The monoisotopic (exact) mass is 349 g/mol. The summed E-state index contributed by atoms with van der Waals surface area (Å²) >= 11 is 0. The number of aromatic nitrogens is 1. The van der Waals surface area contributed by atoms with Gasteiger partial charge in [0.1, 0.15) is 11.6 Å². The highest BCUT2D eigenvalue weighted by Gasteiger charge is 2.25. The van der Waals surface area contributed by atoms with E-state index in [1.54, 1.807) is 13.1 Å². The predicted octanol–water partition coefficient (Wildman–Crippen LogP) is 4.22. The minimum Gasteiger partial charge on any atom is -0.494 e. The van der Waals surface area contributed by atoms with Crippen LogP contribution in [0.5, 0.6) is 5.88 Å². The second-order valence-electron chi connectivity index (χ2n) is 7.01. The summed E-state index contributed by atoms with van der Waals surface area (Å²) in [5.74, 6) is -0.0908. The van der Waals surface area contributed by atoms with Gasteiger partial charge in [0.2, 0.25) is 5.88 Å². The van der Waals surface area contributed by atoms with Gasteiger partial charge in [0, 0.05) is 12.3 Å². The van der Waals surface area contributed by atoms with E-state index in [4.69, 9.17) is 0 Å². The summed E-state index contributed by atoms with van der Waals surface area (Å²) in [5.41, 5.74) is 3.57. The summed E-state index contributed by atoms with van der Waals surface area (Å²) in [6, 6.07) is 7.90. The number of nitriles is 1. The van der Waals surface area contributed by atoms with Crippen LogP contribution in [-0.2, 0) is 0 Å². The van der Waals surface area contributed by atoms with Gasteiger partial charge in [-0.3, -0.25) is 14.4 Å². The third kappa shape index (κ3) is 3.15. The molecule has 0 aliphatic heterocycles. The number of hydrogen-bond acceptors (Lipinski definition) is 4. The van der Waals surface area contributed by atoms with Crippen molar-refractivity contribution in [2.45, 2.75) is 52.5 Å². The molecule has 0 atom stereocenters. The van der Waals surface area contributed by atoms with E-state index in [1.807, 2.05) is 38.1 Å². The molecule has 0 radical (unpaired) electrons. The van der Waals surface area contributed by atoms with Crippen LogP contribution in [0.4, 0.5) is 5.69 Å². The first-order chi connectivity index (χ1) is 12.4. The molecule has 3 rings (SSSR count). The topological polar surface area (TPSA) is 78.4 Å². The van der Waals surface area contributed by atoms with E-state index >= 15 is 0 Å². The van der Waals surface area contributed by atoms with Crippen LogP contribution in [0.1, 0.15) is 59.5 Å². The van der Waals surface area contributed by atoms with Crippen molar-refractivity contribution >= 4 is 11.9 Å². The maximum atomic E-state index is 12.7. The van der Waals surface area contributed by atoms with Gasteiger partial charge in [-0.25, -0.2) is 0 Å². The molecule has 1 aromatic carbocycles. The van der Waals surface area contributed by atoms with Gasteiger partial charge in [-0.15, -0.1) is 0 Å². The Hall–Kier alpha value is -2.87. The van der Waals surface area contributed by atoms with Gasteiger partial charge in [0.25, 0.3) is 5.56 Å². The highest BCUT2D eigenvalue weighted by atomic mass is 16.3. The average molecular weight is 349 g/mol. The Balaban J connectivity index is 2.14. The van der Waals surface area contributed by atoms with E-state index in [-0.39, 0.29) is 17.5 Å². The van der Waals surface area contributed by atoms with Crippen molar-refractivity contribution in [1.82, 2.24) is 4.57 Å². The molecule has 0 amide bonds. The fourth-order valence-electron chi connectivity index (χ4n) is 3.68. The normalized spacial score (nSPS) is 14.8. The SMILES string of the molecule is Cc1ccc(N=Cc2c(C)c(C#N)c(=O)n(C3CCCC3)c2O)c(C)c1. The van der Waals surface area contributed by atoms with Crippen LogP contribution in [0.3, 0.4) is 0 Å². The van der Waals surface area contributed by atoms with Crippen LogP contribution in [-0.4, -0.2) is 15.9 Å². The molecule has 0 saturated heterocycles. The molecule has 1 aliphatic rings. The number of aliphatic imine (C=N–C) groups is 1. The first-order valence-corrected chi connectivity index (χ1v) is 8.93. The number of rotatable bonds is 3. The lowest BCUT2D eigenvalue weighted by molar-refractivity contribution is 0.368. The highest BCUT2D eigenvalue weighted by molar-refractivity contribution is 5.87. The molecule has 5 heteroatoms. The second-order valence-corrected chi connectivity index (χ2v) is 7.01. The van der Waals surface area contributed by atoms with E-state index in [1.165, 1.54) is 4.57 Å². The Bertz CT molecular complexity index is 974. The van der Waals surface area contributed by atoms with Crippen molar-refractivity contribution in [3.8, 4) is 11.9 Å². The van der Waals surface area contributed by atoms with Gasteiger partial charge >= 0.3 is 0 Å². The molecule has 1 fully saturated rings. The van der Waals surface area contributed by atoms with Crippen molar-refractivity contribution in [3.05, 3.63) is 56.4 Å². The lowest BCUT2D eigenvalue weighted by Gasteiger charge is -2.19. The maximum absolute atomic E-state index is 12.7. The van der Waals surface area contributed by atoms with Crippen molar-refractivity contribution < 1.29 is 5.11 Å². The van der Waals surface area contributed by atoms with E-state index in [0.717, 1.165) is 42.5 Å². The number of pyridine rings is 1. The van der Waals surface area contributed by atoms with Crippen molar-refractivity contribution in [2.75, 3.05) is 0 Å². The zero-order valence-electron chi connectivity index (χ0n) is 15.4. The lowest BCUT2D eigenvalue weighted by Crippen LogP contribution is -2.28. The van der Waals surface area contributed by atoms with Gasteiger partial charge in [0.05, 0.1) is 11.3 Å². The zero-order valence-corrected chi connectivity index (χ0v) is 15.4. The highest BCUT2D eigenvalue weighted by Crippen LogP contribution is 2.33. The van der Waals surface area contributed by atoms with Crippen LogP contribution in [0.2, 0.25) is 0 Å². The molecular weight excluding hydrogens is 326 g/mol. The van der Waals surface area contributed by atoms with Gasteiger partial charge in [-0.1, -0.05) is 30.5 Å². The third-order valence-corrected chi connectivity index (χ3v) is 5.17. The molecule has 5 nitrogen and oxygen atoms in total. The molecule has 0 spiro atoms. The molecule has 1 aliphatic carbocycles. The van der Waals surface area contributed by atoms with Crippen LogP contribution in [0.25, 0.3) is 0 Å². The fourth-order valence-corrected chi connectivity index (χ4v) is 3.68. The lowest BCUT2D eigenvalue weighted by atomic mass is 10.0. The maximum Gasteiger partial charge on any atom is 0.271 e. The molecule has 0 unspecified atom stereocenters. The van der Waals surface area contributed by atoms with E-state index in [9.17, 15) is 15.2 Å². The summed E-state index contributed by atoms with van der Waals surface area (Å²) in [7, 11) is 0. The van der Waals surface area contributed by atoms with Crippen molar-refractivity contribution in [1.29, 1.82) is 5.26 Å². The van der Waals surface area contributed by atoms with Crippen molar-refractivity contribution in [3.63, 3.8) is 0 Å².